The molecule has 17 heavy (non-hydrogen) atoms. The molecule has 2 aliphatic carbocycles. The van der Waals surface area contributed by atoms with Gasteiger partial charge in [0.2, 0.25) is 0 Å². The van der Waals surface area contributed by atoms with Crippen LogP contribution in [-0.4, -0.2) is 11.7 Å². The van der Waals surface area contributed by atoms with E-state index in [2.05, 4.69) is 6.92 Å². The monoisotopic (exact) mass is 238 g/mol. The molecular formula is C16H30O. The average molecular weight is 238 g/mol. The van der Waals surface area contributed by atoms with E-state index in [-0.39, 0.29) is 0 Å². The van der Waals surface area contributed by atoms with Crippen LogP contribution < -0.4 is 0 Å². The van der Waals surface area contributed by atoms with Crippen LogP contribution in [0.1, 0.15) is 71.1 Å². The van der Waals surface area contributed by atoms with Crippen molar-refractivity contribution in [3.05, 3.63) is 0 Å². The standard InChI is InChI=1S/C16H30O/c1-13-2-4-14(5-3-13)6-7-15-8-10-16(12-17)11-9-15/h13-17H,2-12H2,1H3/t13-,14-,15?,16?. The van der Waals surface area contributed by atoms with E-state index in [1.165, 1.54) is 64.2 Å². The van der Waals surface area contributed by atoms with Crippen molar-refractivity contribution in [3.63, 3.8) is 0 Å². The Bertz CT molecular complexity index is 198. The number of rotatable bonds is 4. The zero-order chi connectivity index (χ0) is 12.1. The highest BCUT2D eigenvalue weighted by molar-refractivity contribution is 4.75. The summed E-state index contributed by atoms with van der Waals surface area (Å²) in [5.74, 6) is 3.65. The lowest BCUT2D eigenvalue weighted by Gasteiger charge is -2.30. The molecule has 0 aromatic rings. The van der Waals surface area contributed by atoms with Crippen LogP contribution in [0.2, 0.25) is 0 Å². The van der Waals surface area contributed by atoms with Gasteiger partial charge in [0.1, 0.15) is 0 Å². The van der Waals surface area contributed by atoms with Gasteiger partial charge >= 0.3 is 0 Å². The first-order valence-corrected chi connectivity index (χ1v) is 7.88. The molecule has 0 aliphatic heterocycles. The first kappa shape index (κ1) is 13.4. The second-order valence-electron chi connectivity index (χ2n) is 6.77. The van der Waals surface area contributed by atoms with Gasteiger partial charge in [0.15, 0.2) is 0 Å². The van der Waals surface area contributed by atoms with Gasteiger partial charge in [-0.2, -0.15) is 0 Å². The number of hydrogen-bond acceptors (Lipinski definition) is 1. The van der Waals surface area contributed by atoms with E-state index in [9.17, 15) is 0 Å². The Balaban J connectivity index is 1.59. The van der Waals surface area contributed by atoms with Crippen LogP contribution >= 0.6 is 0 Å². The van der Waals surface area contributed by atoms with E-state index < -0.39 is 0 Å². The fourth-order valence-electron chi connectivity index (χ4n) is 3.79. The molecule has 2 rings (SSSR count). The summed E-state index contributed by atoms with van der Waals surface area (Å²) in [6.45, 7) is 2.83. The fourth-order valence-corrected chi connectivity index (χ4v) is 3.79. The third kappa shape index (κ3) is 4.28. The molecule has 1 nitrogen and oxygen atoms in total. The van der Waals surface area contributed by atoms with E-state index in [1.807, 2.05) is 0 Å². The Morgan fingerprint density at radius 1 is 0.706 bits per heavy atom. The van der Waals surface area contributed by atoms with Crippen molar-refractivity contribution in [1.29, 1.82) is 0 Å². The number of aliphatic hydroxyl groups is 1. The van der Waals surface area contributed by atoms with Crippen molar-refractivity contribution >= 4 is 0 Å². The predicted molar refractivity (Wildman–Crippen MR) is 72.9 cm³/mol. The first-order chi connectivity index (χ1) is 8.28. The molecule has 2 saturated carbocycles. The van der Waals surface area contributed by atoms with Crippen molar-refractivity contribution < 1.29 is 5.11 Å². The lowest BCUT2D eigenvalue weighted by atomic mass is 9.76. The quantitative estimate of drug-likeness (QED) is 0.770. The molecule has 0 aromatic carbocycles. The summed E-state index contributed by atoms with van der Waals surface area (Å²) in [5, 5.41) is 9.14. The third-order valence-electron chi connectivity index (χ3n) is 5.34. The van der Waals surface area contributed by atoms with Crippen LogP contribution in [0, 0.1) is 23.7 Å². The molecular weight excluding hydrogens is 208 g/mol. The summed E-state index contributed by atoms with van der Waals surface area (Å²) in [6.07, 6.45) is 14.2. The Hall–Kier alpha value is -0.0400. The van der Waals surface area contributed by atoms with Gasteiger partial charge in [0.05, 0.1) is 0 Å². The average Bonchev–Trinajstić information content (AvgIpc) is 2.39. The minimum absolute atomic E-state index is 0.424. The van der Waals surface area contributed by atoms with E-state index in [0.717, 1.165) is 17.8 Å². The van der Waals surface area contributed by atoms with Crippen molar-refractivity contribution in [3.8, 4) is 0 Å². The minimum Gasteiger partial charge on any atom is -0.396 e. The Kier molecular flexibility index (Phi) is 5.34. The first-order valence-electron chi connectivity index (χ1n) is 7.88. The van der Waals surface area contributed by atoms with Gasteiger partial charge in [0, 0.05) is 6.61 Å². The van der Waals surface area contributed by atoms with Gasteiger partial charge in [-0.1, -0.05) is 58.3 Å². The second kappa shape index (κ2) is 6.78. The summed E-state index contributed by atoms with van der Waals surface area (Å²) in [5.41, 5.74) is 0. The number of aliphatic hydroxyl groups excluding tert-OH is 1. The zero-order valence-corrected chi connectivity index (χ0v) is 11.5. The third-order valence-corrected chi connectivity index (χ3v) is 5.34. The molecule has 0 unspecified atom stereocenters. The second-order valence-corrected chi connectivity index (χ2v) is 6.77. The molecule has 0 saturated heterocycles. The molecule has 1 N–H and O–H groups in total. The van der Waals surface area contributed by atoms with Crippen LogP contribution in [-0.2, 0) is 0 Å². The largest absolute Gasteiger partial charge is 0.396 e. The molecule has 100 valence electrons. The summed E-state index contributed by atoms with van der Waals surface area (Å²) < 4.78 is 0. The highest BCUT2D eigenvalue weighted by atomic mass is 16.3. The lowest BCUT2D eigenvalue weighted by molar-refractivity contribution is 0.158. The van der Waals surface area contributed by atoms with Crippen LogP contribution in [0.4, 0.5) is 0 Å². The molecule has 0 radical (unpaired) electrons. The van der Waals surface area contributed by atoms with E-state index in [4.69, 9.17) is 5.11 Å². The molecule has 0 aromatic heterocycles. The van der Waals surface area contributed by atoms with E-state index >= 15 is 0 Å². The van der Waals surface area contributed by atoms with Gasteiger partial charge in [-0.15, -0.1) is 0 Å². The maximum Gasteiger partial charge on any atom is 0.0459 e. The molecule has 0 spiro atoms. The molecule has 2 fully saturated rings. The number of hydrogen-bond donors (Lipinski definition) is 1. The van der Waals surface area contributed by atoms with Crippen LogP contribution in [0.3, 0.4) is 0 Å². The molecule has 2 aliphatic rings. The molecule has 0 atom stereocenters. The Morgan fingerprint density at radius 2 is 1.12 bits per heavy atom. The maximum atomic E-state index is 9.14. The summed E-state index contributed by atoms with van der Waals surface area (Å²) in [4.78, 5) is 0. The maximum absolute atomic E-state index is 9.14. The van der Waals surface area contributed by atoms with Crippen molar-refractivity contribution in [2.45, 2.75) is 71.1 Å². The van der Waals surface area contributed by atoms with Gasteiger partial charge in [-0.25, -0.2) is 0 Å². The molecule has 0 amide bonds. The van der Waals surface area contributed by atoms with Gasteiger partial charge in [-0.05, 0) is 36.5 Å². The van der Waals surface area contributed by atoms with Crippen molar-refractivity contribution in [2.75, 3.05) is 6.61 Å². The Labute approximate surface area is 107 Å². The molecule has 1 heteroatoms. The van der Waals surface area contributed by atoms with Gasteiger partial charge in [-0.3, -0.25) is 0 Å². The smallest absolute Gasteiger partial charge is 0.0459 e. The zero-order valence-electron chi connectivity index (χ0n) is 11.5. The highest BCUT2D eigenvalue weighted by Gasteiger charge is 2.23. The summed E-state index contributed by atoms with van der Waals surface area (Å²) >= 11 is 0. The molecule has 0 heterocycles. The van der Waals surface area contributed by atoms with Crippen LogP contribution in [0.15, 0.2) is 0 Å². The van der Waals surface area contributed by atoms with Crippen LogP contribution in [0.5, 0.6) is 0 Å². The fraction of sp³-hybridized carbons (Fsp3) is 1.00. The topological polar surface area (TPSA) is 20.2 Å². The highest BCUT2D eigenvalue weighted by Crippen LogP contribution is 2.36. The van der Waals surface area contributed by atoms with E-state index in [1.54, 1.807) is 0 Å². The van der Waals surface area contributed by atoms with Crippen molar-refractivity contribution in [2.24, 2.45) is 23.7 Å². The van der Waals surface area contributed by atoms with E-state index in [0.29, 0.717) is 12.5 Å². The van der Waals surface area contributed by atoms with Gasteiger partial charge < -0.3 is 5.11 Å². The predicted octanol–water partition coefficient (Wildman–Crippen LogP) is 4.39. The Morgan fingerprint density at radius 3 is 1.59 bits per heavy atom. The van der Waals surface area contributed by atoms with Crippen LogP contribution in [0.25, 0.3) is 0 Å². The summed E-state index contributed by atoms with van der Waals surface area (Å²) in [6, 6.07) is 0. The summed E-state index contributed by atoms with van der Waals surface area (Å²) in [7, 11) is 0. The lowest BCUT2D eigenvalue weighted by Crippen LogP contribution is -2.19. The normalized spacial score (nSPS) is 39.2. The minimum atomic E-state index is 0.424. The van der Waals surface area contributed by atoms with Gasteiger partial charge in [0.25, 0.3) is 0 Å². The molecule has 0 bridgehead atoms. The van der Waals surface area contributed by atoms with Crippen molar-refractivity contribution in [1.82, 2.24) is 0 Å². The SMILES string of the molecule is C[C@H]1CC[C@H](CCC2CCC(CO)CC2)CC1.